The van der Waals surface area contributed by atoms with Gasteiger partial charge in [-0.05, 0) is 19.8 Å². The molecule has 0 atom stereocenters. The molecule has 3 nitrogen and oxygen atoms in total. The van der Waals surface area contributed by atoms with Gasteiger partial charge in [0.25, 0.3) is 0 Å². The monoisotopic (exact) mass is 177 g/mol. The number of aliphatic carboxylic acids is 1. The van der Waals surface area contributed by atoms with Gasteiger partial charge in [0.15, 0.2) is 0 Å². The minimum atomic E-state index is -0.630. The van der Waals surface area contributed by atoms with E-state index in [9.17, 15) is 4.79 Å². The Bertz CT molecular complexity index is 199. The SMILES string of the molecule is CC12CC(C(=O)O)(CN1)C2.Cl. The van der Waals surface area contributed by atoms with Crippen molar-refractivity contribution in [3.8, 4) is 0 Å². The normalized spacial score (nSPS) is 45.9. The van der Waals surface area contributed by atoms with Crippen LogP contribution in [0, 0.1) is 5.41 Å². The van der Waals surface area contributed by atoms with E-state index >= 15 is 0 Å². The highest BCUT2D eigenvalue weighted by atomic mass is 35.5. The van der Waals surface area contributed by atoms with E-state index in [1.165, 1.54) is 0 Å². The van der Waals surface area contributed by atoms with Crippen molar-refractivity contribution in [1.29, 1.82) is 0 Å². The second-order valence-electron chi connectivity index (χ2n) is 3.85. The fraction of sp³-hybridized carbons (Fsp3) is 0.857. The maximum atomic E-state index is 10.7. The Balaban J connectivity index is 0.000000605. The summed E-state index contributed by atoms with van der Waals surface area (Å²) in [4.78, 5) is 10.7. The fourth-order valence-corrected chi connectivity index (χ4v) is 2.30. The third kappa shape index (κ3) is 0.948. The van der Waals surface area contributed by atoms with E-state index in [0.717, 1.165) is 12.8 Å². The van der Waals surface area contributed by atoms with Gasteiger partial charge in [-0.25, -0.2) is 0 Å². The van der Waals surface area contributed by atoms with Gasteiger partial charge in [-0.3, -0.25) is 4.79 Å². The van der Waals surface area contributed by atoms with Crippen molar-refractivity contribution in [3.63, 3.8) is 0 Å². The first-order chi connectivity index (χ1) is 4.56. The molecule has 2 heterocycles. The summed E-state index contributed by atoms with van der Waals surface area (Å²) in [6, 6.07) is 0. The summed E-state index contributed by atoms with van der Waals surface area (Å²) in [6.45, 7) is 2.75. The van der Waals surface area contributed by atoms with Crippen molar-refractivity contribution in [2.45, 2.75) is 25.3 Å². The van der Waals surface area contributed by atoms with Crippen LogP contribution in [0.5, 0.6) is 0 Å². The molecule has 0 radical (unpaired) electrons. The second kappa shape index (κ2) is 2.11. The highest BCUT2D eigenvalue weighted by molar-refractivity contribution is 5.85. The highest BCUT2D eigenvalue weighted by Gasteiger charge is 2.62. The average Bonchev–Trinajstić information content (AvgIpc) is 2.19. The van der Waals surface area contributed by atoms with Gasteiger partial charge < -0.3 is 10.4 Å². The predicted molar refractivity (Wildman–Crippen MR) is 43.0 cm³/mol. The molecule has 3 fully saturated rings. The van der Waals surface area contributed by atoms with Crippen LogP contribution in [0.2, 0.25) is 0 Å². The van der Waals surface area contributed by atoms with Crippen LogP contribution < -0.4 is 5.32 Å². The lowest BCUT2D eigenvalue weighted by molar-refractivity contribution is -0.152. The number of carboxylic acid groups (broad SMARTS) is 1. The van der Waals surface area contributed by atoms with E-state index in [0.29, 0.717) is 6.54 Å². The van der Waals surface area contributed by atoms with Gasteiger partial charge in [-0.2, -0.15) is 0 Å². The topological polar surface area (TPSA) is 49.3 Å². The Morgan fingerprint density at radius 2 is 2.09 bits per heavy atom. The Kier molecular flexibility index (Phi) is 1.69. The van der Waals surface area contributed by atoms with E-state index < -0.39 is 11.4 Å². The maximum Gasteiger partial charge on any atom is 0.311 e. The van der Waals surface area contributed by atoms with Gasteiger partial charge in [0.1, 0.15) is 0 Å². The molecular weight excluding hydrogens is 166 g/mol. The van der Waals surface area contributed by atoms with Crippen molar-refractivity contribution in [2.75, 3.05) is 6.54 Å². The summed E-state index contributed by atoms with van der Waals surface area (Å²) in [5, 5.41) is 12.0. The molecule has 1 saturated carbocycles. The van der Waals surface area contributed by atoms with Crippen molar-refractivity contribution in [2.24, 2.45) is 5.41 Å². The summed E-state index contributed by atoms with van der Waals surface area (Å²) in [7, 11) is 0. The number of halogens is 1. The molecule has 2 bridgehead atoms. The largest absolute Gasteiger partial charge is 0.481 e. The van der Waals surface area contributed by atoms with E-state index in [-0.39, 0.29) is 17.9 Å². The molecule has 0 aromatic rings. The lowest BCUT2D eigenvalue weighted by Gasteiger charge is -2.40. The molecule has 4 heteroatoms. The third-order valence-corrected chi connectivity index (χ3v) is 2.76. The summed E-state index contributed by atoms with van der Waals surface area (Å²) >= 11 is 0. The van der Waals surface area contributed by atoms with Crippen molar-refractivity contribution >= 4 is 18.4 Å². The van der Waals surface area contributed by atoms with Crippen molar-refractivity contribution in [3.05, 3.63) is 0 Å². The quantitative estimate of drug-likeness (QED) is 0.618. The minimum Gasteiger partial charge on any atom is -0.481 e. The summed E-state index contributed by atoms with van der Waals surface area (Å²) in [5.41, 5.74) is -0.243. The number of hydrogen-bond donors (Lipinski definition) is 2. The molecule has 2 N–H and O–H groups in total. The predicted octanol–water partition coefficient (Wildman–Crippen LogP) is 0.635. The average molecular weight is 178 g/mol. The first-order valence-corrected chi connectivity index (χ1v) is 3.55. The molecule has 3 rings (SSSR count). The number of nitrogens with one attached hydrogen (secondary N) is 1. The Morgan fingerprint density at radius 1 is 1.55 bits per heavy atom. The standard InChI is InChI=1S/C7H11NO2.ClH/c1-6-2-7(3-6,4-8-6)5(9)10;/h8H,2-4H2,1H3,(H,9,10);1H. The Hall–Kier alpha value is -0.280. The molecule has 0 unspecified atom stereocenters. The maximum absolute atomic E-state index is 10.7. The molecule has 0 aromatic heterocycles. The molecule has 0 aromatic carbocycles. The van der Waals surface area contributed by atoms with E-state index in [1.807, 2.05) is 0 Å². The summed E-state index contributed by atoms with van der Waals surface area (Å²) in [6.07, 6.45) is 1.63. The number of fused-ring (bicyclic) bond motifs is 1. The number of hydrogen-bond acceptors (Lipinski definition) is 2. The van der Waals surface area contributed by atoms with Crippen LogP contribution in [0.25, 0.3) is 0 Å². The van der Waals surface area contributed by atoms with Crippen LogP contribution in [0.4, 0.5) is 0 Å². The lowest BCUT2D eigenvalue weighted by atomic mass is 9.63. The van der Waals surface area contributed by atoms with Gasteiger partial charge in [0.2, 0.25) is 0 Å². The smallest absolute Gasteiger partial charge is 0.311 e. The van der Waals surface area contributed by atoms with Crippen LogP contribution in [0.3, 0.4) is 0 Å². The summed E-state index contributed by atoms with van der Waals surface area (Å²) < 4.78 is 0. The van der Waals surface area contributed by atoms with Gasteiger partial charge in [0.05, 0.1) is 5.41 Å². The first-order valence-electron chi connectivity index (χ1n) is 3.55. The molecule has 3 aliphatic rings. The summed E-state index contributed by atoms with van der Waals surface area (Å²) in [5.74, 6) is -0.630. The Labute approximate surface area is 71.6 Å². The van der Waals surface area contributed by atoms with Crippen LogP contribution in [0.15, 0.2) is 0 Å². The zero-order valence-corrected chi connectivity index (χ0v) is 7.20. The van der Waals surface area contributed by atoms with Crippen LogP contribution in [0.1, 0.15) is 19.8 Å². The first kappa shape index (κ1) is 8.81. The van der Waals surface area contributed by atoms with Crippen LogP contribution in [-0.4, -0.2) is 23.2 Å². The molecule has 0 spiro atoms. The highest BCUT2D eigenvalue weighted by Crippen LogP contribution is 2.53. The van der Waals surface area contributed by atoms with E-state index in [2.05, 4.69) is 12.2 Å². The zero-order valence-electron chi connectivity index (χ0n) is 6.39. The van der Waals surface area contributed by atoms with Gasteiger partial charge >= 0.3 is 5.97 Å². The molecule has 2 saturated heterocycles. The number of rotatable bonds is 1. The molecule has 11 heavy (non-hydrogen) atoms. The third-order valence-electron chi connectivity index (χ3n) is 2.76. The van der Waals surface area contributed by atoms with Gasteiger partial charge in [0, 0.05) is 12.1 Å². The zero-order chi connectivity index (χ0) is 7.41. The van der Waals surface area contributed by atoms with Gasteiger partial charge in [-0.15, -0.1) is 12.4 Å². The van der Waals surface area contributed by atoms with Crippen LogP contribution >= 0.6 is 12.4 Å². The molecule has 0 amide bonds. The Morgan fingerprint density at radius 3 is 2.27 bits per heavy atom. The van der Waals surface area contributed by atoms with Crippen molar-refractivity contribution < 1.29 is 9.90 Å². The minimum absolute atomic E-state index is 0. The molecule has 1 aliphatic carbocycles. The van der Waals surface area contributed by atoms with Gasteiger partial charge in [-0.1, -0.05) is 0 Å². The van der Waals surface area contributed by atoms with Crippen LogP contribution in [-0.2, 0) is 4.79 Å². The molecule has 64 valence electrons. The molecule has 2 aliphatic heterocycles. The second-order valence-corrected chi connectivity index (χ2v) is 3.85. The fourth-order valence-electron chi connectivity index (χ4n) is 2.30. The lowest BCUT2D eigenvalue weighted by Crippen LogP contribution is -2.48. The number of carbonyl (C=O) groups is 1. The molecular formula is C7H12ClNO2. The van der Waals surface area contributed by atoms with Crippen molar-refractivity contribution in [1.82, 2.24) is 5.32 Å². The number of carboxylic acids is 1. The van der Waals surface area contributed by atoms with E-state index in [4.69, 9.17) is 5.11 Å². The van der Waals surface area contributed by atoms with E-state index in [1.54, 1.807) is 0 Å².